The first-order valence-electron chi connectivity index (χ1n) is 5.87. The van der Waals surface area contributed by atoms with Crippen LogP contribution in [-0.4, -0.2) is 45.0 Å². The van der Waals surface area contributed by atoms with Crippen molar-refractivity contribution in [2.75, 3.05) is 13.6 Å². The fourth-order valence-electron chi connectivity index (χ4n) is 2.26. The zero-order chi connectivity index (χ0) is 13.2. The number of aliphatic hydroxyl groups is 1. The lowest BCUT2D eigenvalue weighted by atomic mass is 10.0. The van der Waals surface area contributed by atoms with Gasteiger partial charge in [-0.15, -0.1) is 0 Å². The minimum absolute atomic E-state index is 0.0217. The van der Waals surface area contributed by atoms with Gasteiger partial charge in [0.05, 0.1) is 17.8 Å². The van der Waals surface area contributed by atoms with Gasteiger partial charge < -0.3 is 10.8 Å². The van der Waals surface area contributed by atoms with E-state index in [0.29, 0.717) is 6.54 Å². The molecule has 1 rings (SSSR count). The molecule has 1 aromatic heterocycles. The highest BCUT2D eigenvalue weighted by atomic mass is 16.3. The Morgan fingerprint density at radius 3 is 2.53 bits per heavy atom. The molecule has 2 atom stereocenters. The molecular formula is C12H24N4O. The first kappa shape index (κ1) is 14.2. The fourth-order valence-corrected chi connectivity index (χ4v) is 2.26. The van der Waals surface area contributed by atoms with Crippen LogP contribution in [0.2, 0.25) is 0 Å². The minimum atomic E-state index is -0.732. The van der Waals surface area contributed by atoms with Crippen molar-refractivity contribution < 1.29 is 5.11 Å². The second-order valence-electron chi connectivity index (χ2n) is 5.48. The molecule has 5 heteroatoms. The number of rotatable bonds is 5. The van der Waals surface area contributed by atoms with E-state index in [0.717, 1.165) is 5.56 Å². The number of hydrogen-bond acceptors (Lipinski definition) is 4. The molecule has 0 fully saturated rings. The summed E-state index contributed by atoms with van der Waals surface area (Å²) in [5.74, 6) is 0. The monoisotopic (exact) mass is 240 g/mol. The molecule has 0 bridgehead atoms. The average molecular weight is 240 g/mol. The summed E-state index contributed by atoms with van der Waals surface area (Å²) in [7, 11) is 3.86. The van der Waals surface area contributed by atoms with E-state index in [1.54, 1.807) is 18.5 Å². The number of aryl methyl sites for hydroxylation is 1. The molecule has 0 saturated carbocycles. The van der Waals surface area contributed by atoms with Gasteiger partial charge in [-0.1, -0.05) is 0 Å². The van der Waals surface area contributed by atoms with Crippen molar-refractivity contribution in [3.63, 3.8) is 0 Å². The van der Waals surface area contributed by atoms with Crippen molar-refractivity contribution in [1.82, 2.24) is 14.7 Å². The maximum absolute atomic E-state index is 9.87. The quantitative estimate of drug-likeness (QED) is 0.787. The van der Waals surface area contributed by atoms with Gasteiger partial charge in [-0.2, -0.15) is 5.10 Å². The number of hydrogen-bond donors (Lipinski definition) is 2. The van der Waals surface area contributed by atoms with Crippen molar-refractivity contribution >= 4 is 0 Å². The van der Waals surface area contributed by atoms with E-state index < -0.39 is 5.60 Å². The molecule has 1 heterocycles. The van der Waals surface area contributed by atoms with Gasteiger partial charge in [0.25, 0.3) is 0 Å². The third-order valence-electron chi connectivity index (χ3n) is 2.68. The fraction of sp³-hybridized carbons (Fsp3) is 0.750. The molecule has 0 aromatic carbocycles. The summed E-state index contributed by atoms with van der Waals surface area (Å²) in [6.45, 7) is 6.13. The van der Waals surface area contributed by atoms with E-state index in [-0.39, 0.29) is 12.1 Å². The summed E-state index contributed by atoms with van der Waals surface area (Å²) in [6, 6.07) is 0.0432. The molecule has 0 aliphatic rings. The van der Waals surface area contributed by atoms with Gasteiger partial charge in [-0.25, -0.2) is 0 Å². The Morgan fingerprint density at radius 2 is 2.18 bits per heavy atom. The first-order chi connectivity index (χ1) is 7.70. The number of aromatic nitrogens is 2. The van der Waals surface area contributed by atoms with E-state index in [1.165, 1.54) is 0 Å². The average Bonchev–Trinajstić information content (AvgIpc) is 2.47. The van der Waals surface area contributed by atoms with Crippen LogP contribution in [0.25, 0.3) is 0 Å². The second-order valence-corrected chi connectivity index (χ2v) is 5.48. The van der Waals surface area contributed by atoms with Gasteiger partial charge in [0.2, 0.25) is 0 Å². The van der Waals surface area contributed by atoms with E-state index >= 15 is 0 Å². The molecular weight excluding hydrogens is 216 g/mol. The largest absolute Gasteiger partial charge is 0.389 e. The van der Waals surface area contributed by atoms with Crippen molar-refractivity contribution in [2.24, 2.45) is 12.8 Å². The third kappa shape index (κ3) is 4.11. The van der Waals surface area contributed by atoms with Gasteiger partial charge in [-0.05, 0) is 27.8 Å². The van der Waals surface area contributed by atoms with Crippen LogP contribution >= 0.6 is 0 Å². The van der Waals surface area contributed by atoms with Crippen LogP contribution in [0, 0.1) is 0 Å². The van der Waals surface area contributed by atoms with Gasteiger partial charge in [-0.3, -0.25) is 9.58 Å². The van der Waals surface area contributed by atoms with Gasteiger partial charge >= 0.3 is 0 Å². The van der Waals surface area contributed by atoms with Gasteiger partial charge in [0, 0.05) is 31.4 Å². The molecule has 3 N–H and O–H groups in total. The second kappa shape index (κ2) is 5.16. The Bertz CT molecular complexity index is 354. The van der Waals surface area contributed by atoms with E-state index in [9.17, 15) is 5.11 Å². The number of nitrogens with two attached hydrogens (primary N) is 1. The Hall–Kier alpha value is -0.910. The van der Waals surface area contributed by atoms with E-state index in [2.05, 4.69) is 10.00 Å². The van der Waals surface area contributed by atoms with E-state index in [4.69, 9.17) is 5.73 Å². The molecule has 0 aliphatic heterocycles. The summed E-state index contributed by atoms with van der Waals surface area (Å²) in [5, 5.41) is 14.0. The van der Waals surface area contributed by atoms with Gasteiger partial charge in [0.1, 0.15) is 0 Å². The molecule has 98 valence electrons. The highest BCUT2D eigenvalue weighted by Gasteiger charge is 2.26. The lowest BCUT2D eigenvalue weighted by Gasteiger charge is -2.34. The molecule has 0 spiro atoms. The van der Waals surface area contributed by atoms with Crippen molar-refractivity contribution in [1.29, 1.82) is 0 Å². The third-order valence-corrected chi connectivity index (χ3v) is 2.68. The molecule has 0 amide bonds. The summed E-state index contributed by atoms with van der Waals surface area (Å²) < 4.78 is 1.77. The summed E-state index contributed by atoms with van der Waals surface area (Å²) in [4.78, 5) is 2.07. The Balaban J connectivity index is 2.86. The highest BCUT2D eigenvalue weighted by molar-refractivity contribution is 5.13. The zero-order valence-electron chi connectivity index (χ0n) is 11.4. The van der Waals surface area contributed by atoms with Gasteiger partial charge in [0.15, 0.2) is 0 Å². The summed E-state index contributed by atoms with van der Waals surface area (Å²) >= 11 is 0. The van der Waals surface area contributed by atoms with Crippen LogP contribution in [0.4, 0.5) is 0 Å². The standard InChI is InChI=1S/C12H24N4O/c1-9(13)11(10-6-14-16(5)7-10)15(4)8-12(2,3)17/h6-7,9,11,17H,8,13H2,1-5H3. The Kier molecular flexibility index (Phi) is 4.30. The Labute approximate surface area is 103 Å². The lowest BCUT2D eigenvalue weighted by molar-refractivity contribution is 0.0278. The van der Waals surface area contributed by atoms with Crippen LogP contribution in [0.15, 0.2) is 12.4 Å². The number of likely N-dealkylation sites (N-methyl/N-ethyl adjacent to an activating group) is 1. The van der Waals surface area contributed by atoms with E-state index in [1.807, 2.05) is 33.4 Å². The minimum Gasteiger partial charge on any atom is -0.389 e. The molecule has 2 unspecified atom stereocenters. The summed E-state index contributed by atoms with van der Waals surface area (Å²) in [6.07, 6.45) is 3.80. The Morgan fingerprint density at radius 1 is 1.59 bits per heavy atom. The molecule has 0 aliphatic carbocycles. The number of nitrogens with zero attached hydrogens (tertiary/aromatic N) is 3. The first-order valence-corrected chi connectivity index (χ1v) is 5.87. The molecule has 0 radical (unpaired) electrons. The van der Waals surface area contributed by atoms with Crippen LogP contribution in [0.3, 0.4) is 0 Å². The normalized spacial score (nSPS) is 16.2. The molecule has 1 aromatic rings. The van der Waals surface area contributed by atoms with Crippen LogP contribution in [0.1, 0.15) is 32.4 Å². The SMILES string of the molecule is CC(N)C(c1cnn(C)c1)N(C)CC(C)(C)O. The predicted molar refractivity (Wildman–Crippen MR) is 68.5 cm³/mol. The smallest absolute Gasteiger partial charge is 0.0718 e. The van der Waals surface area contributed by atoms with Crippen LogP contribution in [-0.2, 0) is 7.05 Å². The topological polar surface area (TPSA) is 67.3 Å². The van der Waals surface area contributed by atoms with Crippen molar-refractivity contribution in [3.05, 3.63) is 18.0 Å². The molecule has 17 heavy (non-hydrogen) atoms. The van der Waals surface area contributed by atoms with Crippen molar-refractivity contribution in [3.8, 4) is 0 Å². The molecule has 5 nitrogen and oxygen atoms in total. The predicted octanol–water partition coefficient (Wildman–Crippen LogP) is 0.511. The lowest BCUT2D eigenvalue weighted by Crippen LogP contribution is -2.43. The maximum Gasteiger partial charge on any atom is 0.0718 e. The zero-order valence-corrected chi connectivity index (χ0v) is 11.4. The van der Waals surface area contributed by atoms with Crippen LogP contribution in [0.5, 0.6) is 0 Å². The summed E-state index contributed by atoms with van der Waals surface area (Å²) in [5.41, 5.74) is 6.38. The van der Waals surface area contributed by atoms with Crippen LogP contribution < -0.4 is 5.73 Å². The molecule has 0 saturated heterocycles. The maximum atomic E-state index is 9.87. The highest BCUT2D eigenvalue weighted by Crippen LogP contribution is 2.23. The van der Waals surface area contributed by atoms with Crippen molar-refractivity contribution in [2.45, 2.75) is 38.5 Å².